The molecule has 0 unspecified atom stereocenters. The summed E-state index contributed by atoms with van der Waals surface area (Å²) in [6, 6.07) is 3.80. The van der Waals surface area contributed by atoms with Gasteiger partial charge in [-0.05, 0) is 17.4 Å². The van der Waals surface area contributed by atoms with E-state index in [-0.39, 0.29) is 5.69 Å². The van der Waals surface area contributed by atoms with Crippen LogP contribution >= 0.6 is 11.3 Å². The molecule has 0 spiro atoms. The number of hydrogen-bond donors (Lipinski definition) is 1. The van der Waals surface area contributed by atoms with Crippen LogP contribution < -0.4 is 0 Å². The summed E-state index contributed by atoms with van der Waals surface area (Å²) in [6.45, 7) is 4.97. The number of nitrogens with zero attached hydrogens (tertiary/aromatic N) is 3. The van der Waals surface area contributed by atoms with Crippen LogP contribution in [0.15, 0.2) is 17.5 Å². The number of hydrogen-bond acceptors (Lipinski definition) is 4. The van der Waals surface area contributed by atoms with Gasteiger partial charge in [0, 0.05) is 6.54 Å². The van der Waals surface area contributed by atoms with Crippen molar-refractivity contribution in [3.05, 3.63) is 23.2 Å². The third kappa shape index (κ3) is 2.84. The van der Waals surface area contributed by atoms with Gasteiger partial charge < -0.3 is 5.11 Å². The highest BCUT2D eigenvalue weighted by Gasteiger charge is 2.22. The van der Waals surface area contributed by atoms with E-state index in [1.807, 2.05) is 17.5 Å². The predicted molar refractivity (Wildman–Crippen MR) is 74.4 cm³/mol. The van der Waals surface area contributed by atoms with E-state index in [1.54, 1.807) is 4.68 Å². The van der Waals surface area contributed by atoms with Gasteiger partial charge in [-0.1, -0.05) is 38.0 Å². The first-order valence-electron chi connectivity index (χ1n) is 6.38. The van der Waals surface area contributed by atoms with Gasteiger partial charge in [0.15, 0.2) is 5.69 Å². The molecule has 0 bridgehead atoms. The predicted octanol–water partition coefficient (Wildman–Crippen LogP) is 3.14. The number of carboxylic acids is 1. The minimum atomic E-state index is -1.03. The molecule has 2 rings (SSSR count). The first kappa shape index (κ1) is 13.7. The Balaban J connectivity index is 2.42. The fraction of sp³-hybridized carbons (Fsp3) is 0.462. The van der Waals surface area contributed by atoms with Crippen LogP contribution in [-0.4, -0.2) is 26.1 Å². The molecule has 102 valence electrons. The van der Waals surface area contributed by atoms with Crippen molar-refractivity contribution in [2.24, 2.45) is 5.92 Å². The number of aromatic carboxylic acids is 1. The summed E-state index contributed by atoms with van der Waals surface area (Å²) in [7, 11) is 0. The molecule has 1 N–H and O–H groups in total. The van der Waals surface area contributed by atoms with Crippen molar-refractivity contribution in [1.29, 1.82) is 0 Å². The molecule has 0 atom stereocenters. The number of thiophene rings is 1. The van der Waals surface area contributed by atoms with Crippen molar-refractivity contribution in [1.82, 2.24) is 15.0 Å². The van der Waals surface area contributed by atoms with E-state index in [2.05, 4.69) is 24.2 Å². The van der Waals surface area contributed by atoms with Crippen LogP contribution in [-0.2, 0) is 6.54 Å². The van der Waals surface area contributed by atoms with Gasteiger partial charge >= 0.3 is 5.97 Å². The van der Waals surface area contributed by atoms with Crippen LogP contribution in [0.2, 0.25) is 0 Å². The zero-order valence-corrected chi connectivity index (χ0v) is 11.9. The van der Waals surface area contributed by atoms with E-state index in [9.17, 15) is 9.90 Å². The first-order chi connectivity index (χ1) is 9.17. The summed E-state index contributed by atoms with van der Waals surface area (Å²) in [6.07, 6.45) is 2.09. The summed E-state index contributed by atoms with van der Waals surface area (Å²) in [5.41, 5.74) is 0.655. The van der Waals surface area contributed by atoms with E-state index in [1.165, 1.54) is 11.3 Å². The number of carbonyl (C=O) groups is 1. The fourth-order valence-electron chi connectivity index (χ4n) is 2.03. The zero-order valence-electron chi connectivity index (χ0n) is 11.0. The highest BCUT2D eigenvalue weighted by Crippen LogP contribution is 2.28. The average molecular weight is 279 g/mol. The van der Waals surface area contributed by atoms with Gasteiger partial charge in [-0.2, -0.15) is 0 Å². The Kier molecular flexibility index (Phi) is 4.31. The Morgan fingerprint density at radius 1 is 1.47 bits per heavy atom. The second-order valence-electron chi connectivity index (χ2n) is 4.43. The molecule has 5 nitrogen and oxygen atoms in total. The summed E-state index contributed by atoms with van der Waals surface area (Å²) in [4.78, 5) is 12.1. The molecule has 0 saturated carbocycles. The standard InChI is InChI=1S/C13H17N3O2S/c1-3-9(4-2)8-16-12(10-6-5-7-19-10)11(13(17)18)14-15-16/h5-7,9H,3-4,8H2,1-2H3,(H,17,18). The molecule has 0 aliphatic heterocycles. The maximum absolute atomic E-state index is 11.2. The Hall–Kier alpha value is -1.69. The molecule has 0 aliphatic rings. The fourth-order valence-corrected chi connectivity index (χ4v) is 2.81. The third-order valence-electron chi connectivity index (χ3n) is 3.28. The number of rotatable bonds is 6. The molecule has 2 aromatic heterocycles. The second kappa shape index (κ2) is 5.97. The van der Waals surface area contributed by atoms with Gasteiger partial charge in [0.05, 0.1) is 4.88 Å². The lowest BCUT2D eigenvalue weighted by molar-refractivity contribution is 0.0691. The van der Waals surface area contributed by atoms with Crippen molar-refractivity contribution < 1.29 is 9.90 Å². The molecule has 19 heavy (non-hydrogen) atoms. The molecule has 2 aromatic rings. The van der Waals surface area contributed by atoms with Crippen LogP contribution in [0.3, 0.4) is 0 Å². The van der Waals surface area contributed by atoms with Gasteiger partial charge in [0.2, 0.25) is 0 Å². The Morgan fingerprint density at radius 3 is 2.74 bits per heavy atom. The summed E-state index contributed by atoms with van der Waals surface area (Å²) in [5, 5.41) is 19.0. The van der Waals surface area contributed by atoms with Crippen molar-refractivity contribution >= 4 is 17.3 Å². The molecule has 0 saturated heterocycles. The molecule has 2 heterocycles. The van der Waals surface area contributed by atoms with Crippen molar-refractivity contribution in [3.8, 4) is 10.6 Å². The van der Waals surface area contributed by atoms with Crippen molar-refractivity contribution in [2.45, 2.75) is 33.2 Å². The highest BCUT2D eigenvalue weighted by atomic mass is 32.1. The lowest BCUT2D eigenvalue weighted by atomic mass is 10.0. The Labute approximate surface area is 115 Å². The maximum Gasteiger partial charge on any atom is 0.358 e. The van der Waals surface area contributed by atoms with Gasteiger partial charge in [-0.15, -0.1) is 16.4 Å². The number of aromatic nitrogens is 3. The summed E-state index contributed by atoms with van der Waals surface area (Å²) >= 11 is 1.50. The van der Waals surface area contributed by atoms with E-state index in [0.29, 0.717) is 18.2 Å². The lowest BCUT2D eigenvalue weighted by Crippen LogP contribution is -2.12. The molecule has 6 heteroatoms. The molecule has 0 aromatic carbocycles. The molecular formula is C13H17N3O2S. The molecule has 0 fully saturated rings. The van der Waals surface area contributed by atoms with Crippen LogP contribution in [0.4, 0.5) is 0 Å². The van der Waals surface area contributed by atoms with Crippen LogP contribution in [0.5, 0.6) is 0 Å². The van der Waals surface area contributed by atoms with Gasteiger partial charge in [0.1, 0.15) is 5.69 Å². The molecule has 0 radical (unpaired) electrons. The quantitative estimate of drug-likeness (QED) is 0.882. The second-order valence-corrected chi connectivity index (χ2v) is 5.38. The van der Waals surface area contributed by atoms with Crippen LogP contribution in [0.1, 0.15) is 37.2 Å². The van der Waals surface area contributed by atoms with E-state index < -0.39 is 5.97 Å². The minimum absolute atomic E-state index is 0.0356. The first-order valence-corrected chi connectivity index (χ1v) is 7.25. The summed E-state index contributed by atoms with van der Waals surface area (Å²) in [5.74, 6) is -0.541. The monoisotopic (exact) mass is 279 g/mol. The van der Waals surface area contributed by atoms with Crippen molar-refractivity contribution in [2.75, 3.05) is 0 Å². The Bertz CT molecular complexity index is 544. The van der Waals surface area contributed by atoms with Gasteiger partial charge in [-0.25, -0.2) is 9.48 Å². The normalized spacial score (nSPS) is 11.1. The van der Waals surface area contributed by atoms with Crippen LogP contribution in [0.25, 0.3) is 10.6 Å². The smallest absolute Gasteiger partial charge is 0.358 e. The highest BCUT2D eigenvalue weighted by molar-refractivity contribution is 7.13. The minimum Gasteiger partial charge on any atom is -0.476 e. The lowest BCUT2D eigenvalue weighted by Gasteiger charge is -2.13. The van der Waals surface area contributed by atoms with E-state index in [4.69, 9.17) is 0 Å². The third-order valence-corrected chi connectivity index (χ3v) is 4.15. The Morgan fingerprint density at radius 2 is 2.21 bits per heavy atom. The van der Waals surface area contributed by atoms with Crippen LogP contribution in [0, 0.1) is 5.92 Å². The summed E-state index contributed by atoms with van der Waals surface area (Å²) < 4.78 is 1.73. The average Bonchev–Trinajstić information content (AvgIpc) is 3.04. The SMILES string of the molecule is CCC(CC)Cn1nnc(C(=O)O)c1-c1cccs1. The molecular weight excluding hydrogens is 262 g/mol. The molecule has 0 aliphatic carbocycles. The largest absolute Gasteiger partial charge is 0.476 e. The molecule has 0 amide bonds. The zero-order chi connectivity index (χ0) is 13.8. The van der Waals surface area contributed by atoms with Gasteiger partial charge in [-0.3, -0.25) is 0 Å². The van der Waals surface area contributed by atoms with Gasteiger partial charge in [0.25, 0.3) is 0 Å². The number of carboxylic acid groups (broad SMARTS) is 1. The topological polar surface area (TPSA) is 68.0 Å². The van der Waals surface area contributed by atoms with E-state index >= 15 is 0 Å². The van der Waals surface area contributed by atoms with E-state index in [0.717, 1.165) is 17.7 Å². The van der Waals surface area contributed by atoms with Crippen molar-refractivity contribution in [3.63, 3.8) is 0 Å². The maximum atomic E-state index is 11.2.